The second-order valence-corrected chi connectivity index (χ2v) is 7.94. The van der Waals surface area contributed by atoms with Crippen molar-refractivity contribution in [2.75, 3.05) is 6.54 Å². The van der Waals surface area contributed by atoms with E-state index in [9.17, 15) is 18.0 Å². The summed E-state index contributed by atoms with van der Waals surface area (Å²) in [7, 11) is 0. The third-order valence-corrected chi connectivity index (χ3v) is 5.11. The van der Waals surface area contributed by atoms with Crippen LogP contribution in [0.3, 0.4) is 0 Å². The minimum Gasteiger partial charge on any atom is -0.287 e. The lowest BCUT2D eigenvalue weighted by Gasteiger charge is -2.30. The quantitative estimate of drug-likeness (QED) is 0.780. The maximum absolute atomic E-state index is 13.8. The molecule has 1 amide bonds. The number of hydrazine groups is 1. The summed E-state index contributed by atoms with van der Waals surface area (Å²) in [6, 6.07) is 8.86. The van der Waals surface area contributed by atoms with Crippen molar-refractivity contribution in [1.82, 2.24) is 10.4 Å². The molecule has 146 valence electrons. The van der Waals surface area contributed by atoms with Crippen molar-refractivity contribution in [1.29, 1.82) is 0 Å². The smallest absolute Gasteiger partial charge is 0.287 e. The van der Waals surface area contributed by atoms with Crippen molar-refractivity contribution >= 4 is 16.7 Å². The SMILES string of the molecule is CCCCc1ccc2cc([C@H](N3CC(C)(C)C(=O)N3)C(F)(F)F)ccc2c1. The first-order valence-electron chi connectivity index (χ1n) is 9.29. The van der Waals surface area contributed by atoms with Crippen molar-refractivity contribution in [3.8, 4) is 0 Å². The van der Waals surface area contributed by atoms with Gasteiger partial charge in [0.1, 0.15) is 6.04 Å². The molecule has 1 atom stereocenters. The van der Waals surface area contributed by atoms with Crippen LogP contribution in [0.25, 0.3) is 10.8 Å². The molecular weight excluding hydrogens is 353 g/mol. The number of halogens is 3. The first-order chi connectivity index (χ1) is 12.6. The number of fused-ring (bicyclic) bond motifs is 1. The molecule has 0 aromatic heterocycles. The van der Waals surface area contributed by atoms with Gasteiger partial charge in [-0.15, -0.1) is 0 Å². The molecule has 1 saturated heterocycles. The third kappa shape index (κ3) is 4.10. The van der Waals surface area contributed by atoms with Gasteiger partial charge in [0.05, 0.1) is 5.41 Å². The predicted molar refractivity (Wildman–Crippen MR) is 100.0 cm³/mol. The van der Waals surface area contributed by atoms with E-state index in [1.165, 1.54) is 11.6 Å². The summed E-state index contributed by atoms with van der Waals surface area (Å²) < 4.78 is 41.5. The minimum absolute atomic E-state index is 0.00397. The lowest BCUT2D eigenvalue weighted by atomic mass is 9.93. The molecule has 1 aliphatic rings. The van der Waals surface area contributed by atoms with Crippen LogP contribution in [0.15, 0.2) is 36.4 Å². The maximum atomic E-state index is 13.8. The average molecular weight is 378 g/mol. The Morgan fingerprint density at radius 1 is 1.15 bits per heavy atom. The Hall–Kier alpha value is -2.08. The summed E-state index contributed by atoms with van der Waals surface area (Å²) in [5.41, 5.74) is 2.88. The summed E-state index contributed by atoms with van der Waals surface area (Å²) >= 11 is 0. The molecule has 2 aromatic carbocycles. The first-order valence-corrected chi connectivity index (χ1v) is 9.29. The minimum atomic E-state index is -4.50. The predicted octanol–water partition coefficient (Wildman–Crippen LogP) is 5.16. The summed E-state index contributed by atoms with van der Waals surface area (Å²) in [5.74, 6) is -0.391. The van der Waals surface area contributed by atoms with Gasteiger partial charge in [-0.3, -0.25) is 10.2 Å². The zero-order valence-electron chi connectivity index (χ0n) is 15.9. The highest BCUT2D eigenvalue weighted by Gasteiger charge is 2.51. The summed E-state index contributed by atoms with van der Waals surface area (Å²) in [6.45, 7) is 5.43. The number of nitrogens with one attached hydrogen (secondary N) is 1. The van der Waals surface area contributed by atoms with Gasteiger partial charge in [0.2, 0.25) is 5.91 Å². The van der Waals surface area contributed by atoms with Crippen LogP contribution in [0.1, 0.15) is 50.8 Å². The topological polar surface area (TPSA) is 32.3 Å². The van der Waals surface area contributed by atoms with E-state index < -0.39 is 23.5 Å². The monoisotopic (exact) mass is 378 g/mol. The zero-order valence-corrected chi connectivity index (χ0v) is 15.9. The van der Waals surface area contributed by atoms with E-state index in [2.05, 4.69) is 12.3 Å². The van der Waals surface area contributed by atoms with Gasteiger partial charge >= 0.3 is 6.18 Å². The number of aryl methyl sites for hydroxylation is 1. The number of benzene rings is 2. The largest absolute Gasteiger partial charge is 0.409 e. The van der Waals surface area contributed by atoms with Crippen molar-refractivity contribution in [3.05, 3.63) is 47.5 Å². The normalized spacial score (nSPS) is 18.7. The van der Waals surface area contributed by atoms with Crippen molar-refractivity contribution in [2.24, 2.45) is 5.41 Å². The second kappa shape index (κ2) is 7.15. The van der Waals surface area contributed by atoms with Crippen LogP contribution < -0.4 is 5.43 Å². The van der Waals surface area contributed by atoms with Crippen LogP contribution in [0, 0.1) is 5.41 Å². The standard InChI is InChI=1S/C21H25F3N2O/c1-4-5-6-14-7-8-16-12-17(10-9-15(16)11-14)18(21(22,23)24)26-13-20(2,3)19(27)25-26/h7-12,18H,4-6,13H2,1-3H3,(H,25,27)/t18-/m0/s1. The highest BCUT2D eigenvalue weighted by molar-refractivity contribution is 5.85. The summed E-state index contributed by atoms with van der Waals surface area (Å²) in [4.78, 5) is 12.0. The molecule has 3 rings (SSSR count). The lowest BCUT2D eigenvalue weighted by Crippen LogP contribution is -2.43. The molecule has 6 heteroatoms. The fraction of sp³-hybridized carbons (Fsp3) is 0.476. The Morgan fingerprint density at radius 2 is 1.81 bits per heavy atom. The molecule has 0 saturated carbocycles. The van der Waals surface area contributed by atoms with E-state index in [4.69, 9.17) is 0 Å². The number of nitrogens with zero attached hydrogens (tertiary/aromatic N) is 1. The van der Waals surface area contributed by atoms with Crippen LogP contribution in [0.2, 0.25) is 0 Å². The van der Waals surface area contributed by atoms with E-state index in [0.29, 0.717) is 0 Å². The second-order valence-electron chi connectivity index (χ2n) is 7.94. The number of hydrogen-bond acceptors (Lipinski definition) is 2. The van der Waals surface area contributed by atoms with Gasteiger partial charge in [-0.05, 0) is 54.7 Å². The lowest BCUT2D eigenvalue weighted by molar-refractivity contribution is -0.191. The Labute approximate surface area is 157 Å². The molecule has 1 fully saturated rings. The Morgan fingerprint density at radius 3 is 2.41 bits per heavy atom. The number of carbonyl (C=O) groups excluding carboxylic acids is 1. The van der Waals surface area contributed by atoms with Gasteiger partial charge in [-0.25, -0.2) is 5.01 Å². The Balaban J connectivity index is 1.95. The highest BCUT2D eigenvalue weighted by Crippen LogP contribution is 2.41. The van der Waals surface area contributed by atoms with Gasteiger partial charge < -0.3 is 0 Å². The Bertz CT molecular complexity index is 845. The molecule has 2 aromatic rings. The van der Waals surface area contributed by atoms with Crippen LogP contribution in [-0.4, -0.2) is 23.6 Å². The number of amides is 1. The van der Waals surface area contributed by atoms with Gasteiger partial charge in [0, 0.05) is 6.54 Å². The van der Waals surface area contributed by atoms with E-state index in [1.54, 1.807) is 26.0 Å². The van der Waals surface area contributed by atoms with Gasteiger partial charge in [-0.2, -0.15) is 13.2 Å². The summed E-state index contributed by atoms with van der Waals surface area (Å²) in [6.07, 6.45) is -1.34. The molecule has 3 nitrogen and oxygen atoms in total. The van der Waals surface area contributed by atoms with Crippen molar-refractivity contribution in [3.63, 3.8) is 0 Å². The van der Waals surface area contributed by atoms with Gasteiger partial charge in [-0.1, -0.05) is 43.7 Å². The fourth-order valence-corrected chi connectivity index (χ4v) is 3.54. The van der Waals surface area contributed by atoms with Crippen LogP contribution in [-0.2, 0) is 11.2 Å². The van der Waals surface area contributed by atoms with Gasteiger partial charge in [0.25, 0.3) is 0 Å². The zero-order chi connectivity index (χ0) is 19.8. The summed E-state index contributed by atoms with van der Waals surface area (Å²) in [5, 5.41) is 2.71. The third-order valence-electron chi connectivity index (χ3n) is 5.11. The maximum Gasteiger partial charge on any atom is 0.409 e. The number of alkyl halides is 3. The molecule has 27 heavy (non-hydrogen) atoms. The van der Waals surface area contributed by atoms with Crippen LogP contribution in [0.4, 0.5) is 13.2 Å². The number of rotatable bonds is 5. The fourth-order valence-electron chi connectivity index (χ4n) is 3.54. The molecule has 1 heterocycles. The Kier molecular flexibility index (Phi) is 5.21. The number of carbonyl (C=O) groups is 1. The van der Waals surface area contributed by atoms with Gasteiger partial charge in [0.15, 0.2) is 0 Å². The highest BCUT2D eigenvalue weighted by atomic mass is 19.4. The molecule has 0 spiro atoms. The van der Waals surface area contributed by atoms with E-state index >= 15 is 0 Å². The van der Waals surface area contributed by atoms with Crippen LogP contribution in [0.5, 0.6) is 0 Å². The van der Waals surface area contributed by atoms with Crippen molar-refractivity contribution < 1.29 is 18.0 Å². The molecule has 0 unspecified atom stereocenters. The first kappa shape index (κ1) is 19.7. The van der Waals surface area contributed by atoms with Crippen molar-refractivity contribution in [2.45, 2.75) is 52.3 Å². The van der Waals surface area contributed by atoms with E-state index in [0.717, 1.165) is 35.0 Å². The molecule has 1 aliphatic heterocycles. The molecule has 0 aliphatic carbocycles. The molecule has 0 bridgehead atoms. The number of unbranched alkanes of at least 4 members (excludes halogenated alkanes) is 1. The number of hydrogen-bond donors (Lipinski definition) is 1. The van der Waals surface area contributed by atoms with E-state index in [-0.39, 0.29) is 12.1 Å². The van der Waals surface area contributed by atoms with Crippen LogP contribution >= 0.6 is 0 Å². The average Bonchev–Trinajstić information content (AvgIpc) is 2.84. The molecular formula is C21H25F3N2O. The molecule has 0 radical (unpaired) electrons. The molecule has 1 N–H and O–H groups in total. The van der Waals surface area contributed by atoms with E-state index in [1.807, 2.05) is 18.2 Å².